The van der Waals surface area contributed by atoms with E-state index in [9.17, 15) is 4.79 Å². The van der Waals surface area contributed by atoms with Crippen LogP contribution < -0.4 is 9.47 Å². The minimum Gasteiger partial charge on any atom is -0.493 e. The smallest absolute Gasteiger partial charge is 0.317 e. The molecule has 0 radical (unpaired) electrons. The molecular weight excluding hydrogens is 270 g/mol. The molecule has 0 aliphatic heterocycles. The Morgan fingerprint density at radius 1 is 1.33 bits per heavy atom. The Labute approximate surface area is 125 Å². The number of aliphatic carboxylic acids is 1. The average Bonchev–Trinajstić information content (AvgIpc) is 2.91. The second kappa shape index (κ2) is 7.31. The summed E-state index contributed by atoms with van der Waals surface area (Å²) in [6.45, 7) is 0.585. The summed E-state index contributed by atoms with van der Waals surface area (Å²) in [7, 11) is 3.42. The second-order valence-electron chi connectivity index (χ2n) is 5.58. The van der Waals surface area contributed by atoms with Gasteiger partial charge in [0.2, 0.25) is 0 Å². The molecule has 0 saturated heterocycles. The van der Waals surface area contributed by atoms with Crippen LogP contribution in [0.3, 0.4) is 0 Å². The SMILES string of the molecule is COc1ccc(CN(C)CC(=O)O)cc1OC1CCCC1. The average molecular weight is 293 g/mol. The molecule has 1 aromatic rings. The van der Waals surface area contributed by atoms with E-state index in [1.54, 1.807) is 19.1 Å². The highest BCUT2D eigenvalue weighted by atomic mass is 16.5. The third-order valence-electron chi connectivity index (χ3n) is 3.68. The van der Waals surface area contributed by atoms with E-state index < -0.39 is 5.97 Å². The maximum Gasteiger partial charge on any atom is 0.317 e. The van der Waals surface area contributed by atoms with Crippen molar-refractivity contribution in [1.82, 2.24) is 4.90 Å². The van der Waals surface area contributed by atoms with E-state index in [1.165, 1.54) is 12.8 Å². The molecule has 1 aliphatic carbocycles. The summed E-state index contributed by atoms with van der Waals surface area (Å²) in [6, 6.07) is 5.78. The Hall–Kier alpha value is -1.75. The highest BCUT2D eigenvalue weighted by molar-refractivity contribution is 5.69. The third-order valence-corrected chi connectivity index (χ3v) is 3.68. The van der Waals surface area contributed by atoms with Crippen molar-refractivity contribution < 1.29 is 19.4 Å². The number of rotatable bonds is 7. The van der Waals surface area contributed by atoms with Crippen molar-refractivity contribution in [2.45, 2.75) is 38.3 Å². The lowest BCUT2D eigenvalue weighted by Crippen LogP contribution is -2.25. The lowest BCUT2D eigenvalue weighted by Gasteiger charge is -2.18. The van der Waals surface area contributed by atoms with Crippen LogP contribution in [0.15, 0.2) is 18.2 Å². The van der Waals surface area contributed by atoms with Crippen LogP contribution in [0.1, 0.15) is 31.2 Å². The first kappa shape index (κ1) is 15.6. The van der Waals surface area contributed by atoms with Crippen LogP contribution in [0.25, 0.3) is 0 Å². The molecule has 116 valence electrons. The van der Waals surface area contributed by atoms with Crippen molar-refractivity contribution in [3.63, 3.8) is 0 Å². The molecule has 0 unspecified atom stereocenters. The third kappa shape index (κ3) is 4.63. The Morgan fingerprint density at radius 3 is 2.67 bits per heavy atom. The molecule has 5 heteroatoms. The van der Waals surface area contributed by atoms with Gasteiger partial charge in [0.1, 0.15) is 0 Å². The van der Waals surface area contributed by atoms with Gasteiger partial charge in [-0.05, 0) is 50.4 Å². The first-order chi connectivity index (χ1) is 10.1. The number of methoxy groups -OCH3 is 1. The van der Waals surface area contributed by atoms with Crippen LogP contribution in [0.4, 0.5) is 0 Å². The summed E-state index contributed by atoms with van der Waals surface area (Å²) >= 11 is 0. The molecule has 1 aromatic carbocycles. The van der Waals surface area contributed by atoms with E-state index >= 15 is 0 Å². The molecule has 0 aromatic heterocycles. The monoisotopic (exact) mass is 293 g/mol. The molecule has 1 fully saturated rings. The normalized spacial score (nSPS) is 15.4. The van der Waals surface area contributed by atoms with Gasteiger partial charge in [-0.3, -0.25) is 9.69 Å². The van der Waals surface area contributed by atoms with Gasteiger partial charge in [-0.25, -0.2) is 0 Å². The maximum atomic E-state index is 10.7. The van der Waals surface area contributed by atoms with Crippen molar-refractivity contribution in [2.75, 3.05) is 20.7 Å². The zero-order chi connectivity index (χ0) is 15.2. The van der Waals surface area contributed by atoms with E-state index in [2.05, 4.69) is 0 Å². The quantitative estimate of drug-likeness (QED) is 0.837. The number of likely N-dealkylation sites (N-methyl/N-ethyl adjacent to an activating group) is 1. The van der Waals surface area contributed by atoms with Gasteiger partial charge in [-0.15, -0.1) is 0 Å². The predicted molar refractivity (Wildman–Crippen MR) is 79.8 cm³/mol. The second-order valence-corrected chi connectivity index (χ2v) is 5.58. The number of carbonyl (C=O) groups is 1. The lowest BCUT2D eigenvalue weighted by atomic mass is 10.2. The Morgan fingerprint density at radius 2 is 2.05 bits per heavy atom. The highest BCUT2D eigenvalue weighted by Crippen LogP contribution is 2.32. The van der Waals surface area contributed by atoms with E-state index in [0.29, 0.717) is 6.54 Å². The summed E-state index contributed by atoms with van der Waals surface area (Å²) in [5, 5.41) is 8.80. The zero-order valence-corrected chi connectivity index (χ0v) is 12.7. The number of nitrogens with zero attached hydrogens (tertiary/aromatic N) is 1. The first-order valence-electron chi connectivity index (χ1n) is 7.32. The van der Waals surface area contributed by atoms with Gasteiger partial charge in [-0.2, -0.15) is 0 Å². The molecule has 1 aliphatic rings. The van der Waals surface area contributed by atoms with Crippen LogP contribution in [0.2, 0.25) is 0 Å². The van der Waals surface area contributed by atoms with Crippen LogP contribution in [0.5, 0.6) is 11.5 Å². The summed E-state index contributed by atoms with van der Waals surface area (Å²) in [6.07, 6.45) is 4.88. The Kier molecular flexibility index (Phi) is 5.44. The van der Waals surface area contributed by atoms with Gasteiger partial charge >= 0.3 is 5.97 Å². The molecule has 0 amide bonds. The zero-order valence-electron chi connectivity index (χ0n) is 12.7. The number of hydrogen-bond donors (Lipinski definition) is 1. The largest absolute Gasteiger partial charge is 0.493 e. The number of benzene rings is 1. The minimum atomic E-state index is -0.826. The van der Waals surface area contributed by atoms with Crippen molar-refractivity contribution in [3.05, 3.63) is 23.8 Å². The Bertz CT molecular complexity index is 483. The van der Waals surface area contributed by atoms with Crippen LogP contribution in [-0.4, -0.2) is 42.8 Å². The highest BCUT2D eigenvalue weighted by Gasteiger charge is 2.18. The fraction of sp³-hybridized carbons (Fsp3) is 0.562. The van der Waals surface area contributed by atoms with Crippen molar-refractivity contribution >= 4 is 5.97 Å². The molecule has 0 heterocycles. The fourth-order valence-electron chi connectivity index (χ4n) is 2.70. The summed E-state index contributed by atoms with van der Waals surface area (Å²) in [5.41, 5.74) is 1.02. The van der Waals surface area contributed by atoms with E-state index in [1.807, 2.05) is 18.2 Å². The molecule has 5 nitrogen and oxygen atoms in total. The number of carboxylic acids is 1. The van der Waals surface area contributed by atoms with Gasteiger partial charge in [-0.1, -0.05) is 6.07 Å². The van der Waals surface area contributed by atoms with E-state index in [-0.39, 0.29) is 12.6 Å². The molecular formula is C16H23NO4. The Balaban J connectivity index is 2.06. The number of ether oxygens (including phenoxy) is 2. The number of carboxylic acid groups (broad SMARTS) is 1. The molecule has 1 saturated carbocycles. The first-order valence-corrected chi connectivity index (χ1v) is 7.32. The topological polar surface area (TPSA) is 59.0 Å². The van der Waals surface area contributed by atoms with Gasteiger partial charge in [0, 0.05) is 6.54 Å². The van der Waals surface area contributed by atoms with Crippen molar-refractivity contribution in [1.29, 1.82) is 0 Å². The number of hydrogen-bond acceptors (Lipinski definition) is 4. The molecule has 0 atom stereocenters. The van der Waals surface area contributed by atoms with Gasteiger partial charge < -0.3 is 14.6 Å². The van der Waals surface area contributed by atoms with Gasteiger partial charge in [0.05, 0.1) is 19.8 Å². The molecule has 2 rings (SSSR count). The summed E-state index contributed by atoms with van der Waals surface area (Å²) in [4.78, 5) is 12.5. The van der Waals surface area contributed by atoms with Crippen LogP contribution >= 0.6 is 0 Å². The lowest BCUT2D eigenvalue weighted by molar-refractivity contribution is -0.138. The molecule has 0 spiro atoms. The van der Waals surface area contributed by atoms with Gasteiger partial charge in [0.15, 0.2) is 11.5 Å². The van der Waals surface area contributed by atoms with E-state index in [0.717, 1.165) is 29.9 Å². The minimum absolute atomic E-state index is 0.0187. The predicted octanol–water partition coefficient (Wildman–Crippen LogP) is 2.53. The maximum absolute atomic E-state index is 10.7. The van der Waals surface area contributed by atoms with Crippen LogP contribution in [0, 0.1) is 0 Å². The molecule has 1 N–H and O–H groups in total. The van der Waals surface area contributed by atoms with Crippen molar-refractivity contribution in [2.24, 2.45) is 0 Å². The van der Waals surface area contributed by atoms with Crippen LogP contribution in [-0.2, 0) is 11.3 Å². The van der Waals surface area contributed by atoms with E-state index in [4.69, 9.17) is 14.6 Å². The standard InChI is InChI=1S/C16H23NO4/c1-17(11-16(18)19)10-12-7-8-14(20-2)15(9-12)21-13-5-3-4-6-13/h7-9,13H,3-6,10-11H2,1-2H3,(H,18,19). The molecule has 21 heavy (non-hydrogen) atoms. The fourth-order valence-corrected chi connectivity index (χ4v) is 2.70. The molecule has 0 bridgehead atoms. The van der Waals surface area contributed by atoms with Gasteiger partial charge in [0.25, 0.3) is 0 Å². The summed E-state index contributed by atoms with van der Waals surface area (Å²) < 4.78 is 11.4. The summed E-state index contributed by atoms with van der Waals surface area (Å²) in [5.74, 6) is 0.658. The van der Waals surface area contributed by atoms with Crippen molar-refractivity contribution in [3.8, 4) is 11.5 Å².